The number of hydrogen-bond acceptors (Lipinski definition) is 2. The Morgan fingerprint density at radius 1 is 1.08 bits per heavy atom. The Hall–Kier alpha value is -1.35. The molecule has 3 N–H and O–H groups in total. The van der Waals surface area contributed by atoms with Crippen LogP contribution in [0.5, 0.6) is 0 Å². The second kappa shape index (κ2) is 8.84. The lowest BCUT2D eigenvalue weighted by Gasteiger charge is -2.31. The normalized spacial score (nSPS) is 16.8. The molecule has 1 saturated carbocycles. The van der Waals surface area contributed by atoms with Crippen molar-refractivity contribution in [3.05, 3.63) is 35.4 Å². The molecular formula is C22H36N2O. The summed E-state index contributed by atoms with van der Waals surface area (Å²) in [7, 11) is 0. The van der Waals surface area contributed by atoms with E-state index >= 15 is 0 Å². The predicted octanol–water partition coefficient (Wildman–Crippen LogP) is 4.43. The Kier molecular flexibility index (Phi) is 7.06. The van der Waals surface area contributed by atoms with Crippen LogP contribution in [0.3, 0.4) is 0 Å². The fourth-order valence-corrected chi connectivity index (χ4v) is 3.91. The monoisotopic (exact) mass is 344 g/mol. The predicted molar refractivity (Wildman–Crippen MR) is 106 cm³/mol. The first-order valence-electron chi connectivity index (χ1n) is 9.95. The van der Waals surface area contributed by atoms with Crippen molar-refractivity contribution in [1.29, 1.82) is 0 Å². The summed E-state index contributed by atoms with van der Waals surface area (Å²) in [5, 5.41) is 3.22. The molecule has 0 heterocycles. The SMILES string of the molecule is CC(C)(C)c1ccc(C2(CNC(=O)CCCCCN)CCCC2)cc1. The third-order valence-electron chi connectivity index (χ3n) is 5.66. The highest BCUT2D eigenvalue weighted by Crippen LogP contribution is 2.41. The molecule has 0 saturated heterocycles. The Morgan fingerprint density at radius 3 is 2.28 bits per heavy atom. The minimum absolute atomic E-state index is 0.128. The van der Waals surface area contributed by atoms with Gasteiger partial charge in [-0.3, -0.25) is 4.79 Å². The molecule has 1 aliphatic rings. The summed E-state index contributed by atoms with van der Waals surface area (Å²) >= 11 is 0. The third-order valence-corrected chi connectivity index (χ3v) is 5.66. The highest BCUT2D eigenvalue weighted by atomic mass is 16.1. The second-order valence-electron chi connectivity index (χ2n) is 8.69. The average molecular weight is 345 g/mol. The number of hydrogen-bond donors (Lipinski definition) is 2. The van der Waals surface area contributed by atoms with Crippen LogP contribution >= 0.6 is 0 Å². The minimum atomic E-state index is 0.128. The lowest BCUT2D eigenvalue weighted by atomic mass is 9.77. The van der Waals surface area contributed by atoms with Gasteiger partial charge in [0, 0.05) is 18.4 Å². The molecule has 3 heteroatoms. The highest BCUT2D eigenvalue weighted by molar-refractivity contribution is 5.76. The topological polar surface area (TPSA) is 55.1 Å². The summed E-state index contributed by atoms with van der Waals surface area (Å²) in [5.41, 5.74) is 8.57. The third kappa shape index (κ3) is 5.57. The van der Waals surface area contributed by atoms with Crippen molar-refractivity contribution in [3.63, 3.8) is 0 Å². The number of carbonyl (C=O) groups excluding carboxylic acids is 1. The van der Waals surface area contributed by atoms with E-state index in [1.165, 1.54) is 36.8 Å². The molecule has 0 bridgehead atoms. The van der Waals surface area contributed by atoms with Gasteiger partial charge in [-0.05, 0) is 48.8 Å². The van der Waals surface area contributed by atoms with Gasteiger partial charge in [0.1, 0.15) is 0 Å². The van der Waals surface area contributed by atoms with E-state index in [1.807, 2.05) is 0 Å². The zero-order valence-corrected chi connectivity index (χ0v) is 16.4. The van der Waals surface area contributed by atoms with Gasteiger partial charge >= 0.3 is 0 Å². The Bertz CT molecular complexity index is 536. The van der Waals surface area contributed by atoms with Crippen LogP contribution in [-0.4, -0.2) is 19.0 Å². The van der Waals surface area contributed by atoms with Crippen molar-refractivity contribution in [2.75, 3.05) is 13.1 Å². The first-order chi connectivity index (χ1) is 11.9. The Labute approximate surface area is 153 Å². The maximum atomic E-state index is 12.2. The second-order valence-corrected chi connectivity index (χ2v) is 8.69. The molecule has 25 heavy (non-hydrogen) atoms. The van der Waals surface area contributed by atoms with Crippen LogP contribution in [-0.2, 0) is 15.6 Å². The number of amides is 1. The number of benzene rings is 1. The lowest BCUT2D eigenvalue weighted by molar-refractivity contribution is -0.121. The van der Waals surface area contributed by atoms with Crippen LogP contribution in [0.4, 0.5) is 0 Å². The van der Waals surface area contributed by atoms with E-state index in [0.717, 1.165) is 32.4 Å². The van der Waals surface area contributed by atoms with Gasteiger partial charge in [0.05, 0.1) is 0 Å². The summed E-state index contributed by atoms with van der Waals surface area (Å²) in [6, 6.07) is 9.12. The van der Waals surface area contributed by atoms with E-state index < -0.39 is 0 Å². The van der Waals surface area contributed by atoms with Gasteiger partial charge in [0.25, 0.3) is 0 Å². The molecule has 0 aromatic heterocycles. The first-order valence-corrected chi connectivity index (χ1v) is 9.95. The zero-order valence-electron chi connectivity index (χ0n) is 16.4. The smallest absolute Gasteiger partial charge is 0.220 e. The molecule has 0 aliphatic heterocycles. The van der Waals surface area contributed by atoms with Crippen LogP contribution in [0.2, 0.25) is 0 Å². The largest absolute Gasteiger partial charge is 0.355 e. The number of nitrogens with one attached hydrogen (secondary N) is 1. The summed E-state index contributed by atoms with van der Waals surface area (Å²) in [6.07, 6.45) is 8.49. The van der Waals surface area contributed by atoms with Crippen molar-refractivity contribution >= 4 is 5.91 Å². The molecule has 1 fully saturated rings. The molecule has 0 spiro atoms. The minimum Gasteiger partial charge on any atom is -0.355 e. The van der Waals surface area contributed by atoms with Crippen LogP contribution in [0, 0.1) is 0 Å². The summed E-state index contributed by atoms with van der Waals surface area (Å²) < 4.78 is 0. The maximum absolute atomic E-state index is 12.2. The first kappa shape index (κ1) is 20.0. The van der Waals surface area contributed by atoms with Gasteiger partial charge in [-0.1, -0.05) is 64.3 Å². The van der Waals surface area contributed by atoms with E-state index in [-0.39, 0.29) is 16.7 Å². The fourth-order valence-electron chi connectivity index (χ4n) is 3.91. The summed E-state index contributed by atoms with van der Waals surface area (Å²) in [6.45, 7) is 8.24. The number of carbonyl (C=O) groups is 1. The zero-order chi connectivity index (χ0) is 18.3. The standard InChI is InChI=1S/C22H36N2O/c1-21(2,3)18-10-12-19(13-11-18)22(14-6-7-15-22)17-24-20(25)9-5-4-8-16-23/h10-13H,4-9,14-17,23H2,1-3H3,(H,24,25). The van der Waals surface area contributed by atoms with E-state index in [9.17, 15) is 4.79 Å². The van der Waals surface area contributed by atoms with Crippen molar-refractivity contribution in [3.8, 4) is 0 Å². The molecule has 1 aliphatic carbocycles. The van der Waals surface area contributed by atoms with Crippen molar-refractivity contribution in [1.82, 2.24) is 5.32 Å². The van der Waals surface area contributed by atoms with Gasteiger partial charge in [-0.25, -0.2) is 0 Å². The molecule has 140 valence electrons. The quantitative estimate of drug-likeness (QED) is 0.685. The van der Waals surface area contributed by atoms with Crippen LogP contribution in [0.15, 0.2) is 24.3 Å². The van der Waals surface area contributed by atoms with Crippen LogP contribution in [0.25, 0.3) is 0 Å². The van der Waals surface area contributed by atoms with Gasteiger partial charge in [0.15, 0.2) is 0 Å². The van der Waals surface area contributed by atoms with Crippen molar-refractivity contribution < 1.29 is 4.79 Å². The van der Waals surface area contributed by atoms with Gasteiger partial charge in [-0.15, -0.1) is 0 Å². The molecular weight excluding hydrogens is 308 g/mol. The van der Waals surface area contributed by atoms with E-state index in [2.05, 4.69) is 50.4 Å². The molecule has 0 unspecified atom stereocenters. The molecule has 3 nitrogen and oxygen atoms in total. The van der Waals surface area contributed by atoms with Crippen molar-refractivity contribution in [2.24, 2.45) is 5.73 Å². The molecule has 1 aromatic rings. The Balaban J connectivity index is 1.98. The Morgan fingerprint density at radius 2 is 1.72 bits per heavy atom. The fraction of sp³-hybridized carbons (Fsp3) is 0.682. The lowest BCUT2D eigenvalue weighted by Crippen LogP contribution is -2.39. The number of unbranched alkanes of at least 4 members (excludes halogenated alkanes) is 2. The van der Waals surface area contributed by atoms with Gasteiger partial charge < -0.3 is 11.1 Å². The van der Waals surface area contributed by atoms with Gasteiger partial charge in [0.2, 0.25) is 5.91 Å². The number of rotatable bonds is 8. The molecule has 0 atom stereocenters. The summed E-state index contributed by atoms with van der Waals surface area (Å²) in [4.78, 5) is 12.2. The number of nitrogens with two attached hydrogens (primary N) is 1. The van der Waals surface area contributed by atoms with Gasteiger partial charge in [-0.2, -0.15) is 0 Å². The van der Waals surface area contributed by atoms with E-state index in [1.54, 1.807) is 0 Å². The maximum Gasteiger partial charge on any atom is 0.220 e. The van der Waals surface area contributed by atoms with Crippen LogP contribution in [0.1, 0.15) is 83.3 Å². The summed E-state index contributed by atoms with van der Waals surface area (Å²) in [5.74, 6) is 0.189. The van der Waals surface area contributed by atoms with Crippen molar-refractivity contribution in [2.45, 2.75) is 83.0 Å². The average Bonchev–Trinajstić information content (AvgIpc) is 3.06. The molecule has 2 rings (SSSR count). The van der Waals surface area contributed by atoms with Crippen LogP contribution < -0.4 is 11.1 Å². The molecule has 0 radical (unpaired) electrons. The highest BCUT2D eigenvalue weighted by Gasteiger charge is 2.36. The van der Waals surface area contributed by atoms with E-state index in [0.29, 0.717) is 6.42 Å². The molecule has 1 amide bonds. The van der Waals surface area contributed by atoms with E-state index in [4.69, 9.17) is 5.73 Å². The molecule has 1 aromatic carbocycles.